The van der Waals surface area contributed by atoms with E-state index in [0.29, 0.717) is 34.3 Å². The highest BCUT2D eigenvalue weighted by Gasteiger charge is 2.12. The van der Waals surface area contributed by atoms with Crippen LogP contribution in [0, 0.1) is 0 Å². The topological polar surface area (TPSA) is 116 Å². The zero-order valence-electron chi connectivity index (χ0n) is 15.5. The summed E-state index contributed by atoms with van der Waals surface area (Å²) >= 11 is 5.93. The molecule has 0 saturated carbocycles. The third kappa shape index (κ3) is 5.26. The number of hydrazone groups is 1. The lowest BCUT2D eigenvalue weighted by Gasteiger charge is -2.11. The Bertz CT molecular complexity index is 1080. The summed E-state index contributed by atoms with van der Waals surface area (Å²) in [6.45, 7) is 1.96. The molecule has 0 aliphatic rings. The number of benzene rings is 2. The van der Waals surface area contributed by atoms with Gasteiger partial charge in [-0.3, -0.25) is 9.59 Å². The number of amides is 2. The molecule has 9 heteroatoms. The van der Waals surface area contributed by atoms with E-state index in [0.717, 1.165) is 5.39 Å². The molecule has 3 N–H and O–H groups in total. The highest BCUT2D eigenvalue weighted by Crippen LogP contribution is 2.28. The lowest BCUT2D eigenvalue weighted by atomic mass is 10.2. The van der Waals surface area contributed by atoms with Crippen LogP contribution in [0.25, 0.3) is 11.0 Å². The highest BCUT2D eigenvalue weighted by atomic mass is 35.5. The Labute approximate surface area is 171 Å². The normalized spacial score (nSPS) is 11.0. The van der Waals surface area contributed by atoms with Crippen molar-refractivity contribution in [3.05, 3.63) is 58.8 Å². The number of carbonyl (C=O) groups is 2. The standard InChI is InChI=1S/C20H18ClN3O5/c1-2-27-17-7-12(3-5-16(17)28-11-19(22)25)10-23-24-20(26)18-9-13-8-14(21)4-6-15(13)29-18/h3-10H,2,11H2,1H3,(H2,22,25)(H,24,26)/b23-10+. The first-order chi connectivity index (χ1) is 14.0. The summed E-state index contributed by atoms with van der Waals surface area (Å²) in [5.74, 6) is -0.163. The largest absolute Gasteiger partial charge is 0.490 e. The fourth-order valence-electron chi connectivity index (χ4n) is 2.49. The average Bonchev–Trinajstić information content (AvgIpc) is 3.10. The summed E-state index contributed by atoms with van der Waals surface area (Å²) in [6.07, 6.45) is 1.44. The maximum Gasteiger partial charge on any atom is 0.307 e. The van der Waals surface area contributed by atoms with E-state index in [2.05, 4.69) is 10.5 Å². The zero-order valence-corrected chi connectivity index (χ0v) is 16.2. The molecule has 8 nitrogen and oxygen atoms in total. The number of halogens is 1. The summed E-state index contributed by atoms with van der Waals surface area (Å²) in [5, 5.41) is 5.20. The molecule has 3 rings (SSSR count). The molecule has 0 bridgehead atoms. The maximum atomic E-state index is 12.2. The van der Waals surface area contributed by atoms with Gasteiger partial charge in [0.25, 0.3) is 5.91 Å². The Morgan fingerprint density at radius 2 is 2.00 bits per heavy atom. The third-order valence-electron chi connectivity index (χ3n) is 3.72. The van der Waals surface area contributed by atoms with Crippen LogP contribution in [0.3, 0.4) is 0 Å². The Kier molecular flexibility index (Phi) is 6.36. The number of primary amides is 1. The number of nitrogens with one attached hydrogen (secondary N) is 1. The highest BCUT2D eigenvalue weighted by molar-refractivity contribution is 6.31. The number of rotatable bonds is 8. The van der Waals surface area contributed by atoms with Crippen molar-refractivity contribution >= 4 is 40.6 Å². The van der Waals surface area contributed by atoms with Gasteiger partial charge in [-0.15, -0.1) is 0 Å². The minimum Gasteiger partial charge on any atom is -0.490 e. The van der Waals surface area contributed by atoms with E-state index in [1.165, 1.54) is 6.21 Å². The minimum atomic E-state index is -0.589. The van der Waals surface area contributed by atoms with Crippen LogP contribution in [0.15, 0.2) is 52.0 Å². The van der Waals surface area contributed by atoms with E-state index < -0.39 is 11.8 Å². The van der Waals surface area contributed by atoms with Gasteiger partial charge in [0.2, 0.25) is 0 Å². The van der Waals surface area contributed by atoms with Gasteiger partial charge in [-0.25, -0.2) is 5.43 Å². The fraction of sp³-hybridized carbons (Fsp3) is 0.150. The van der Waals surface area contributed by atoms with Gasteiger partial charge >= 0.3 is 5.91 Å². The average molecular weight is 416 g/mol. The zero-order chi connectivity index (χ0) is 20.8. The second-order valence-corrected chi connectivity index (χ2v) is 6.32. The number of hydrogen-bond donors (Lipinski definition) is 2. The third-order valence-corrected chi connectivity index (χ3v) is 3.95. The molecule has 0 saturated heterocycles. The molecule has 2 aromatic carbocycles. The van der Waals surface area contributed by atoms with E-state index in [-0.39, 0.29) is 12.4 Å². The van der Waals surface area contributed by atoms with Gasteiger partial charge in [0.1, 0.15) is 5.58 Å². The minimum absolute atomic E-state index is 0.115. The van der Waals surface area contributed by atoms with Gasteiger partial charge in [-0.2, -0.15) is 5.10 Å². The number of hydrogen-bond acceptors (Lipinski definition) is 6. The number of nitrogens with two attached hydrogens (primary N) is 1. The van der Waals surface area contributed by atoms with Crippen molar-refractivity contribution < 1.29 is 23.5 Å². The van der Waals surface area contributed by atoms with Gasteiger partial charge in [-0.1, -0.05) is 11.6 Å². The number of nitrogens with zero attached hydrogens (tertiary/aromatic N) is 1. The summed E-state index contributed by atoms with van der Waals surface area (Å²) in [4.78, 5) is 23.1. The van der Waals surface area contributed by atoms with Gasteiger partial charge < -0.3 is 19.6 Å². The number of carbonyl (C=O) groups excluding carboxylic acids is 2. The van der Waals surface area contributed by atoms with Crippen LogP contribution >= 0.6 is 11.6 Å². The van der Waals surface area contributed by atoms with E-state index in [9.17, 15) is 9.59 Å². The van der Waals surface area contributed by atoms with Crippen molar-refractivity contribution in [3.8, 4) is 11.5 Å². The van der Waals surface area contributed by atoms with Crippen molar-refractivity contribution in [2.45, 2.75) is 6.92 Å². The molecule has 3 aromatic rings. The van der Waals surface area contributed by atoms with Crippen LogP contribution in [0.1, 0.15) is 23.0 Å². The Morgan fingerprint density at radius 3 is 2.76 bits per heavy atom. The Morgan fingerprint density at radius 1 is 1.17 bits per heavy atom. The first-order valence-electron chi connectivity index (χ1n) is 8.66. The summed E-state index contributed by atoms with van der Waals surface area (Å²) in [6, 6.07) is 11.6. The smallest absolute Gasteiger partial charge is 0.307 e. The van der Waals surface area contributed by atoms with Gasteiger partial charge in [-0.05, 0) is 55.0 Å². The predicted molar refractivity (Wildman–Crippen MR) is 109 cm³/mol. The SMILES string of the molecule is CCOc1cc(/C=N/NC(=O)c2cc3cc(Cl)ccc3o2)ccc1OCC(N)=O. The van der Waals surface area contributed by atoms with Crippen molar-refractivity contribution in [1.29, 1.82) is 0 Å². The lowest BCUT2D eigenvalue weighted by molar-refractivity contribution is -0.119. The van der Waals surface area contributed by atoms with E-state index >= 15 is 0 Å². The Hall–Kier alpha value is -3.52. The molecule has 0 aliphatic heterocycles. The predicted octanol–water partition coefficient (Wildman–Crippen LogP) is 3.11. The molecule has 1 heterocycles. The number of fused-ring (bicyclic) bond motifs is 1. The lowest BCUT2D eigenvalue weighted by Crippen LogP contribution is -2.20. The van der Waals surface area contributed by atoms with Crippen molar-refractivity contribution in [2.24, 2.45) is 10.8 Å². The number of furan rings is 1. The molecule has 0 atom stereocenters. The Balaban J connectivity index is 1.68. The molecule has 0 spiro atoms. The van der Waals surface area contributed by atoms with Crippen LogP contribution in [0.2, 0.25) is 5.02 Å². The summed E-state index contributed by atoms with van der Waals surface area (Å²) in [7, 11) is 0. The second kappa shape index (κ2) is 9.11. The van der Waals surface area contributed by atoms with Crippen molar-refractivity contribution in [2.75, 3.05) is 13.2 Å². The summed E-state index contributed by atoms with van der Waals surface area (Å²) in [5.41, 5.74) is 8.69. The molecule has 150 valence electrons. The van der Waals surface area contributed by atoms with E-state index in [4.69, 9.17) is 31.2 Å². The second-order valence-electron chi connectivity index (χ2n) is 5.89. The monoisotopic (exact) mass is 415 g/mol. The molecule has 0 radical (unpaired) electrons. The van der Waals surface area contributed by atoms with Crippen LogP contribution < -0.4 is 20.6 Å². The van der Waals surface area contributed by atoms with Crippen LogP contribution in [-0.4, -0.2) is 31.2 Å². The molecule has 0 fully saturated rings. The van der Waals surface area contributed by atoms with E-state index in [1.807, 2.05) is 6.92 Å². The first-order valence-corrected chi connectivity index (χ1v) is 9.04. The van der Waals surface area contributed by atoms with Gasteiger partial charge in [0.15, 0.2) is 23.9 Å². The molecule has 29 heavy (non-hydrogen) atoms. The van der Waals surface area contributed by atoms with Gasteiger partial charge in [0.05, 0.1) is 12.8 Å². The fourth-order valence-corrected chi connectivity index (χ4v) is 2.67. The molecule has 2 amide bonds. The first kappa shape index (κ1) is 20.2. The summed E-state index contributed by atoms with van der Waals surface area (Å²) < 4.78 is 16.3. The maximum absolute atomic E-state index is 12.2. The van der Waals surface area contributed by atoms with Crippen molar-refractivity contribution in [1.82, 2.24) is 5.43 Å². The van der Waals surface area contributed by atoms with E-state index in [1.54, 1.807) is 42.5 Å². The molecular weight excluding hydrogens is 398 g/mol. The molecule has 0 unspecified atom stereocenters. The molecular formula is C20H18ClN3O5. The van der Waals surface area contributed by atoms with Crippen LogP contribution in [0.5, 0.6) is 11.5 Å². The van der Waals surface area contributed by atoms with Gasteiger partial charge in [0, 0.05) is 10.4 Å². The quantitative estimate of drug-likeness (QED) is 0.433. The molecule has 1 aromatic heterocycles. The number of ether oxygens (including phenoxy) is 2. The van der Waals surface area contributed by atoms with Crippen LogP contribution in [0.4, 0.5) is 0 Å². The molecule has 0 aliphatic carbocycles. The van der Waals surface area contributed by atoms with Crippen molar-refractivity contribution in [3.63, 3.8) is 0 Å². The van der Waals surface area contributed by atoms with Crippen LogP contribution in [-0.2, 0) is 4.79 Å².